The lowest BCUT2D eigenvalue weighted by Gasteiger charge is -2.15. The molecule has 1 unspecified atom stereocenters. The van der Waals surface area contributed by atoms with Gasteiger partial charge in [0, 0.05) is 25.3 Å². The highest BCUT2D eigenvalue weighted by Crippen LogP contribution is 2.10. The summed E-state index contributed by atoms with van der Waals surface area (Å²) in [6.07, 6.45) is 1.25. The SMILES string of the molecule is CCn1nccc1C(O)CNC(C)C. The van der Waals surface area contributed by atoms with Crippen LogP contribution in [0.25, 0.3) is 0 Å². The second-order valence-corrected chi connectivity index (χ2v) is 3.65. The highest BCUT2D eigenvalue weighted by Gasteiger charge is 2.11. The van der Waals surface area contributed by atoms with Crippen molar-refractivity contribution in [1.29, 1.82) is 0 Å². The summed E-state index contributed by atoms with van der Waals surface area (Å²) in [6, 6.07) is 2.25. The average molecular weight is 197 g/mol. The minimum atomic E-state index is -0.472. The molecule has 0 aromatic carbocycles. The van der Waals surface area contributed by atoms with E-state index in [0.29, 0.717) is 12.6 Å². The van der Waals surface area contributed by atoms with Crippen molar-refractivity contribution >= 4 is 0 Å². The Morgan fingerprint density at radius 1 is 1.57 bits per heavy atom. The van der Waals surface area contributed by atoms with Gasteiger partial charge in [0.15, 0.2) is 0 Å². The van der Waals surface area contributed by atoms with Crippen LogP contribution < -0.4 is 5.32 Å². The van der Waals surface area contributed by atoms with Crippen molar-refractivity contribution in [2.24, 2.45) is 0 Å². The Morgan fingerprint density at radius 3 is 2.86 bits per heavy atom. The number of aromatic nitrogens is 2. The fraction of sp³-hybridized carbons (Fsp3) is 0.700. The number of aryl methyl sites for hydroxylation is 1. The lowest BCUT2D eigenvalue weighted by atomic mass is 10.2. The van der Waals surface area contributed by atoms with Gasteiger partial charge in [0.25, 0.3) is 0 Å². The first-order chi connectivity index (χ1) is 6.65. The number of nitrogens with one attached hydrogen (secondary N) is 1. The minimum Gasteiger partial charge on any atom is -0.385 e. The van der Waals surface area contributed by atoms with Crippen LogP contribution in [-0.4, -0.2) is 27.5 Å². The third-order valence-electron chi connectivity index (χ3n) is 2.11. The smallest absolute Gasteiger partial charge is 0.108 e. The molecule has 0 fully saturated rings. The first-order valence-electron chi connectivity index (χ1n) is 5.08. The average Bonchev–Trinajstić information content (AvgIpc) is 2.61. The van der Waals surface area contributed by atoms with E-state index in [0.717, 1.165) is 12.2 Å². The van der Waals surface area contributed by atoms with Crippen molar-refractivity contribution in [2.45, 2.75) is 39.5 Å². The summed E-state index contributed by atoms with van der Waals surface area (Å²) in [6.45, 7) is 7.50. The molecule has 1 heterocycles. The topological polar surface area (TPSA) is 50.1 Å². The summed E-state index contributed by atoms with van der Waals surface area (Å²) >= 11 is 0. The summed E-state index contributed by atoms with van der Waals surface area (Å²) in [5.41, 5.74) is 0.876. The van der Waals surface area contributed by atoms with Crippen molar-refractivity contribution in [2.75, 3.05) is 6.54 Å². The molecule has 0 aliphatic heterocycles. The number of aliphatic hydroxyl groups excluding tert-OH is 1. The van der Waals surface area contributed by atoms with Gasteiger partial charge in [0.05, 0.1) is 5.69 Å². The molecule has 80 valence electrons. The van der Waals surface area contributed by atoms with Crippen LogP contribution in [0, 0.1) is 0 Å². The van der Waals surface area contributed by atoms with Gasteiger partial charge in [-0.15, -0.1) is 0 Å². The van der Waals surface area contributed by atoms with Crippen LogP contribution in [0.1, 0.15) is 32.6 Å². The molecule has 0 bridgehead atoms. The van der Waals surface area contributed by atoms with Crippen LogP contribution in [0.15, 0.2) is 12.3 Å². The molecule has 1 aromatic heterocycles. The molecule has 0 aliphatic rings. The first-order valence-corrected chi connectivity index (χ1v) is 5.08. The predicted octanol–water partition coefficient (Wildman–Crippen LogP) is 0.934. The molecule has 0 radical (unpaired) electrons. The second kappa shape index (κ2) is 5.12. The van der Waals surface area contributed by atoms with Crippen LogP contribution in [0.2, 0.25) is 0 Å². The van der Waals surface area contributed by atoms with E-state index in [1.165, 1.54) is 0 Å². The van der Waals surface area contributed by atoms with Gasteiger partial charge in [-0.3, -0.25) is 4.68 Å². The van der Waals surface area contributed by atoms with Gasteiger partial charge in [-0.1, -0.05) is 13.8 Å². The van der Waals surface area contributed by atoms with E-state index >= 15 is 0 Å². The summed E-state index contributed by atoms with van der Waals surface area (Å²) in [5, 5.41) is 17.2. The summed E-state index contributed by atoms with van der Waals surface area (Å²) in [7, 11) is 0. The maximum Gasteiger partial charge on any atom is 0.108 e. The molecule has 1 rings (SSSR count). The summed E-state index contributed by atoms with van der Waals surface area (Å²) in [4.78, 5) is 0. The zero-order chi connectivity index (χ0) is 10.6. The lowest BCUT2D eigenvalue weighted by molar-refractivity contribution is 0.161. The molecule has 2 N–H and O–H groups in total. The van der Waals surface area contributed by atoms with Gasteiger partial charge in [0.1, 0.15) is 6.10 Å². The molecule has 1 atom stereocenters. The number of hydrogen-bond acceptors (Lipinski definition) is 3. The van der Waals surface area contributed by atoms with Crippen molar-refractivity contribution in [1.82, 2.24) is 15.1 Å². The molecule has 4 heteroatoms. The Kier molecular flexibility index (Phi) is 4.10. The maximum atomic E-state index is 9.85. The molecular formula is C10H19N3O. The van der Waals surface area contributed by atoms with Gasteiger partial charge in [-0.2, -0.15) is 5.10 Å². The fourth-order valence-electron chi connectivity index (χ4n) is 1.34. The molecule has 0 aliphatic carbocycles. The van der Waals surface area contributed by atoms with Crippen molar-refractivity contribution in [3.8, 4) is 0 Å². The van der Waals surface area contributed by atoms with Gasteiger partial charge < -0.3 is 10.4 Å². The quantitative estimate of drug-likeness (QED) is 0.738. The van der Waals surface area contributed by atoms with Gasteiger partial charge in [-0.05, 0) is 13.0 Å². The van der Waals surface area contributed by atoms with Crippen LogP contribution in [-0.2, 0) is 6.54 Å². The summed E-state index contributed by atoms with van der Waals surface area (Å²) < 4.78 is 1.81. The number of rotatable bonds is 5. The Hall–Kier alpha value is -0.870. The van der Waals surface area contributed by atoms with E-state index in [1.807, 2.05) is 17.7 Å². The minimum absolute atomic E-state index is 0.391. The highest BCUT2D eigenvalue weighted by atomic mass is 16.3. The molecule has 0 saturated heterocycles. The summed E-state index contributed by atoms with van der Waals surface area (Å²) in [5.74, 6) is 0. The standard InChI is InChI=1S/C10H19N3O/c1-4-13-9(5-6-12-13)10(14)7-11-8(2)3/h5-6,8,10-11,14H,4,7H2,1-3H3. The van der Waals surface area contributed by atoms with Crippen molar-refractivity contribution in [3.63, 3.8) is 0 Å². The fourth-order valence-corrected chi connectivity index (χ4v) is 1.34. The van der Waals surface area contributed by atoms with Gasteiger partial charge in [0.2, 0.25) is 0 Å². The largest absolute Gasteiger partial charge is 0.385 e. The molecule has 0 saturated carbocycles. The Labute approximate surface area is 84.9 Å². The molecule has 1 aromatic rings. The predicted molar refractivity (Wildman–Crippen MR) is 56.0 cm³/mol. The maximum absolute atomic E-state index is 9.85. The third-order valence-corrected chi connectivity index (χ3v) is 2.11. The number of nitrogens with zero attached hydrogens (tertiary/aromatic N) is 2. The van der Waals surface area contributed by atoms with Crippen LogP contribution >= 0.6 is 0 Å². The molecule has 4 nitrogen and oxygen atoms in total. The Morgan fingerprint density at radius 2 is 2.29 bits per heavy atom. The Bertz CT molecular complexity index is 270. The van der Waals surface area contributed by atoms with E-state index in [2.05, 4.69) is 24.3 Å². The molecule has 0 amide bonds. The van der Waals surface area contributed by atoms with Crippen LogP contribution in [0.5, 0.6) is 0 Å². The second-order valence-electron chi connectivity index (χ2n) is 3.65. The number of hydrogen-bond donors (Lipinski definition) is 2. The van der Waals surface area contributed by atoms with E-state index in [1.54, 1.807) is 6.20 Å². The number of aliphatic hydroxyl groups is 1. The first kappa shape index (κ1) is 11.2. The van der Waals surface area contributed by atoms with E-state index in [-0.39, 0.29) is 0 Å². The van der Waals surface area contributed by atoms with Crippen LogP contribution in [0.4, 0.5) is 0 Å². The van der Waals surface area contributed by atoms with Gasteiger partial charge in [-0.25, -0.2) is 0 Å². The highest BCUT2D eigenvalue weighted by molar-refractivity contribution is 5.04. The Balaban J connectivity index is 2.55. The molecular weight excluding hydrogens is 178 g/mol. The molecule has 0 spiro atoms. The third kappa shape index (κ3) is 2.82. The molecule has 14 heavy (non-hydrogen) atoms. The van der Waals surface area contributed by atoms with Crippen molar-refractivity contribution in [3.05, 3.63) is 18.0 Å². The van der Waals surface area contributed by atoms with E-state index in [9.17, 15) is 5.11 Å². The zero-order valence-electron chi connectivity index (χ0n) is 9.07. The normalized spacial score (nSPS) is 13.5. The van der Waals surface area contributed by atoms with E-state index in [4.69, 9.17) is 0 Å². The lowest BCUT2D eigenvalue weighted by Crippen LogP contribution is -2.28. The monoisotopic (exact) mass is 197 g/mol. The zero-order valence-corrected chi connectivity index (χ0v) is 9.07. The van der Waals surface area contributed by atoms with E-state index < -0.39 is 6.10 Å². The van der Waals surface area contributed by atoms with Crippen molar-refractivity contribution < 1.29 is 5.11 Å². The van der Waals surface area contributed by atoms with Gasteiger partial charge >= 0.3 is 0 Å². The van der Waals surface area contributed by atoms with Crippen LogP contribution in [0.3, 0.4) is 0 Å².